The third-order valence-corrected chi connectivity index (χ3v) is 4.95. The largest absolute Gasteiger partial charge is 0.493 e. The van der Waals surface area contributed by atoms with Crippen LogP contribution in [0.5, 0.6) is 11.5 Å². The monoisotopic (exact) mass is 411 g/mol. The van der Waals surface area contributed by atoms with Crippen molar-refractivity contribution in [2.75, 3.05) is 26.1 Å². The van der Waals surface area contributed by atoms with E-state index in [4.69, 9.17) is 14.2 Å². The number of fused-ring (bicyclic) bond motifs is 3. The Bertz CT molecular complexity index is 1110. The summed E-state index contributed by atoms with van der Waals surface area (Å²) in [5, 5.41) is 7.76. The van der Waals surface area contributed by atoms with Crippen molar-refractivity contribution in [3.8, 4) is 22.8 Å². The summed E-state index contributed by atoms with van der Waals surface area (Å²) in [6.45, 7) is 2.02. The number of benzene rings is 2. The number of hydrogen-bond donors (Lipinski definition) is 1. The highest BCUT2D eigenvalue weighted by atomic mass is 19.1. The standard InChI is InChI=1S/C22H22FN3O4/c1-4-30-20(27)12-26-21-16-11-19(29-3)18(28-2)9-13(16)8-17(21)22(25-26)24-15-7-5-6-14(23)10-15/h5-7,9-11H,4,8,12H2,1-3H3,(H,24,25). The van der Waals surface area contributed by atoms with E-state index in [2.05, 4.69) is 10.4 Å². The second-order valence-corrected chi connectivity index (χ2v) is 6.81. The van der Waals surface area contributed by atoms with Crippen LogP contribution in [0.25, 0.3) is 11.3 Å². The molecule has 0 bridgehead atoms. The lowest BCUT2D eigenvalue weighted by molar-refractivity contribution is -0.144. The Labute approximate surface area is 173 Å². The van der Waals surface area contributed by atoms with E-state index in [1.54, 1.807) is 38.0 Å². The maximum Gasteiger partial charge on any atom is 0.327 e. The Morgan fingerprint density at radius 3 is 2.67 bits per heavy atom. The van der Waals surface area contributed by atoms with Crippen LogP contribution in [0.2, 0.25) is 0 Å². The van der Waals surface area contributed by atoms with E-state index in [0.29, 0.717) is 29.4 Å². The van der Waals surface area contributed by atoms with Gasteiger partial charge in [0.2, 0.25) is 0 Å². The Morgan fingerprint density at radius 2 is 1.97 bits per heavy atom. The number of aromatic nitrogens is 2. The van der Waals surface area contributed by atoms with Crippen LogP contribution in [0, 0.1) is 5.82 Å². The molecule has 30 heavy (non-hydrogen) atoms. The minimum Gasteiger partial charge on any atom is -0.493 e. The van der Waals surface area contributed by atoms with Gasteiger partial charge < -0.3 is 19.5 Å². The van der Waals surface area contributed by atoms with Crippen LogP contribution >= 0.6 is 0 Å². The third kappa shape index (κ3) is 3.56. The van der Waals surface area contributed by atoms with Gasteiger partial charge in [0.25, 0.3) is 0 Å². The molecule has 2 aromatic carbocycles. The molecule has 156 valence electrons. The molecule has 0 saturated carbocycles. The van der Waals surface area contributed by atoms with Gasteiger partial charge >= 0.3 is 5.97 Å². The lowest BCUT2D eigenvalue weighted by atomic mass is 10.1. The number of halogens is 1. The number of nitrogens with one attached hydrogen (secondary N) is 1. The van der Waals surface area contributed by atoms with Gasteiger partial charge in [0, 0.05) is 23.2 Å². The summed E-state index contributed by atoms with van der Waals surface area (Å²) in [6, 6.07) is 9.96. The number of methoxy groups -OCH3 is 2. The van der Waals surface area contributed by atoms with Gasteiger partial charge in [-0.2, -0.15) is 5.10 Å². The maximum atomic E-state index is 13.6. The fraction of sp³-hybridized carbons (Fsp3) is 0.273. The summed E-state index contributed by atoms with van der Waals surface area (Å²) >= 11 is 0. The molecule has 0 aliphatic heterocycles. The molecule has 0 radical (unpaired) electrons. The predicted octanol–water partition coefficient (Wildman–Crippen LogP) is 3.92. The van der Waals surface area contributed by atoms with E-state index < -0.39 is 0 Å². The first-order chi connectivity index (χ1) is 14.5. The molecule has 1 aromatic heterocycles. The molecule has 7 nitrogen and oxygen atoms in total. The van der Waals surface area contributed by atoms with Crippen molar-refractivity contribution in [3.63, 3.8) is 0 Å². The Kier molecular flexibility index (Phi) is 5.31. The number of rotatable bonds is 7. The number of ether oxygens (including phenoxy) is 3. The fourth-order valence-electron chi connectivity index (χ4n) is 3.69. The Hall–Kier alpha value is -3.55. The molecule has 1 N–H and O–H groups in total. The van der Waals surface area contributed by atoms with Crippen LogP contribution in [0.15, 0.2) is 36.4 Å². The molecular weight excluding hydrogens is 389 g/mol. The molecule has 1 aliphatic carbocycles. The van der Waals surface area contributed by atoms with Gasteiger partial charge in [-0.05, 0) is 42.8 Å². The number of esters is 1. The van der Waals surface area contributed by atoms with Gasteiger partial charge in [-0.25, -0.2) is 4.39 Å². The second-order valence-electron chi connectivity index (χ2n) is 6.81. The van der Waals surface area contributed by atoms with Gasteiger partial charge in [0.15, 0.2) is 17.3 Å². The first-order valence-electron chi connectivity index (χ1n) is 9.57. The first kappa shape index (κ1) is 19.8. The highest BCUT2D eigenvalue weighted by Crippen LogP contribution is 2.45. The highest BCUT2D eigenvalue weighted by molar-refractivity contribution is 5.83. The fourth-order valence-corrected chi connectivity index (χ4v) is 3.69. The van der Waals surface area contributed by atoms with Gasteiger partial charge in [0.05, 0.1) is 26.5 Å². The summed E-state index contributed by atoms with van der Waals surface area (Å²) < 4.78 is 31.2. The molecule has 1 heterocycles. The summed E-state index contributed by atoms with van der Waals surface area (Å²) in [6.07, 6.45) is 0.589. The molecule has 8 heteroatoms. The van der Waals surface area contributed by atoms with Crippen LogP contribution in [0.1, 0.15) is 18.1 Å². The van der Waals surface area contributed by atoms with Gasteiger partial charge in [-0.1, -0.05) is 6.07 Å². The van der Waals surface area contributed by atoms with Crippen molar-refractivity contribution in [1.82, 2.24) is 9.78 Å². The lowest BCUT2D eigenvalue weighted by Crippen LogP contribution is -2.15. The van der Waals surface area contributed by atoms with E-state index in [-0.39, 0.29) is 24.9 Å². The number of nitrogens with zero attached hydrogens (tertiary/aromatic N) is 2. The summed E-state index contributed by atoms with van der Waals surface area (Å²) in [7, 11) is 3.17. The Balaban J connectivity index is 1.80. The van der Waals surface area contributed by atoms with Crippen LogP contribution < -0.4 is 14.8 Å². The molecule has 0 fully saturated rings. The molecule has 0 spiro atoms. The zero-order valence-electron chi connectivity index (χ0n) is 17.0. The molecule has 0 saturated heterocycles. The third-order valence-electron chi connectivity index (χ3n) is 4.95. The van der Waals surface area contributed by atoms with Gasteiger partial charge in [-0.15, -0.1) is 0 Å². The van der Waals surface area contributed by atoms with Crippen molar-refractivity contribution in [2.24, 2.45) is 0 Å². The SMILES string of the molecule is CCOC(=O)Cn1nc(Nc2cccc(F)c2)c2c1-c1cc(OC)c(OC)cc1C2. The molecule has 0 amide bonds. The van der Waals surface area contributed by atoms with E-state index in [1.807, 2.05) is 12.1 Å². The quantitative estimate of drug-likeness (QED) is 0.465. The Morgan fingerprint density at radius 1 is 1.20 bits per heavy atom. The number of carbonyl (C=O) groups is 1. The van der Waals surface area contributed by atoms with Gasteiger partial charge in [0.1, 0.15) is 12.4 Å². The van der Waals surface area contributed by atoms with Gasteiger partial charge in [-0.3, -0.25) is 9.48 Å². The zero-order chi connectivity index (χ0) is 21.3. The molecule has 4 rings (SSSR count). The molecular formula is C22H22FN3O4. The normalized spacial score (nSPS) is 11.6. The number of anilines is 2. The number of hydrogen-bond acceptors (Lipinski definition) is 6. The predicted molar refractivity (Wildman–Crippen MR) is 110 cm³/mol. The first-order valence-corrected chi connectivity index (χ1v) is 9.57. The summed E-state index contributed by atoms with van der Waals surface area (Å²) in [4.78, 5) is 12.2. The van der Waals surface area contributed by atoms with E-state index >= 15 is 0 Å². The van der Waals surface area contributed by atoms with Crippen LogP contribution in [-0.4, -0.2) is 36.6 Å². The lowest BCUT2D eigenvalue weighted by Gasteiger charge is -2.12. The van der Waals surface area contributed by atoms with Crippen LogP contribution in [0.3, 0.4) is 0 Å². The molecule has 1 aliphatic rings. The van der Waals surface area contributed by atoms with Crippen LogP contribution in [-0.2, 0) is 22.5 Å². The van der Waals surface area contributed by atoms with E-state index in [1.165, 1.54) is 12.1 Å². The molecule has 0 atom stereocenters. The minimum atomic E-state index is -0.381. The van der Waals surface area contributed by atoms with Crippen molar-refractivity contribution in [2.45, 2.75) is 19.9 Å². The van der Waals surface area contributed by atoms with E-state index in [9.17, 15) is 9.18 Å². The van der Waals surface area contributed by atoms with Crippen molar-refractivity contribution in [3.05, 3.63) is 53.3 Å². The summed E-state index contributed by atoms with van der Waals surface area (Å²) in [5.74, 6) is 1.06. The number of carbonyl (C=O) groups excluding carboxylic acids is 1. The molecule has 0 unspecified atom stereocenters. The van der Waals surface area contributed by atoms with Crippen molar-refractivity contribution in [1.29, 1.82) is 0 Å². The highest BCUT2D eigenvalue weighted by Gasteiger charge is 2.30. The minimum absolute atomic E-state index is 0.0329. The van der Waals surface area contributed by atoms with E-state index in [0.717, 1.165) is 22.4 Å². The average molecular weight is 411 g/mol. The second kappa shape index (κ2) is 8.06. The van der Waals surface area contributed by atoms with Crippen LogP contribution in [0.4, 0.5) is 15.9 Å². The average Bonchev–Trinajstić information content (AvgIpc) is 3.24. The summed E-state index contributed by atoms with van der Waals surface area (Å²) in [5.41, 5.74) is 4.23. The smallest absolute Gasteiger partial charge is 0.327 e. The van der Waals surface area contributed by atoms with Crippen molar-refractivity contribution < 1.29 is 23.4 Å². The topological polar surface area (TPSA) is 74.6 Å². The molecule has 3 aromatic rings. The zero-order valence-corrected chi connectivity index (χ0v) is 17.0. The maximum absolute atomic E-state index is 13.6. The van der Waals surface area contributed by atoms with Crippen molar-refractivity contribution >= 4 is 17.5 Å².